The second-order valence-electron chi connectivity index (χ2n) is 7.30. The predicted octanol–water partition coefficient (Wildman–Crippen LogP) is 2.78. The Morgan fingerprint density at radius 1 is 1.10 bits per heavy atom. The Morgan fingerprint density at radius 3 is 2.65 bits per heavy atom. The number of hydrogen-bond acceptors (Lipinski definition) is 4. The van der Waals surface area contributed by atoms with E-state index >= 15 is 0 Å². The Hall–Kier alpha value is -4.00. The van der Waals surface area contributed by atoms with Gasteiger partial charge < -0.3 is 5.32 Å². The van der Waals surface area contributed by atoms with E-state index in [2.05, 4.69) is 15.4 Å². The number of nitrogens with zero attached hydrogens (tertiary/aromatic N) is 4. The highest BCUT2D eigenvalue weighted by molar-refractivity contribution is 5.91. The molecular weight excluding hydrogens is 390 g/mol. The SMILES string of the molecule is Cc1ccc(Cn2cnc3c(cnn3CCNC(=O)/C=C\c3ccccc3)c2=O)cc1. The van der Waals surface area contributed by atoms with Gasteiger partial charge in [0.15, 0.2) is 5.65 Å². The highest BCUT2D eigenvalue weighted by Gasteiger charge is 2.10. The van der Waals surface area contributed by atoms with Crippen LogP contribution in [0, 0.1) is 6.92 Å². The predicted molar refractivity (Wildman–Crippen MR) is 121 cm³/mol. The normalized spacial score (nSPS) is 11.3. The third-order valence-electron chi connectivity index (χ3n) is 4.95. The van der Waals surface area contributed by atoms with E-state index in [-0.39, 0.29) is 11.5 Å². The molecule has 31 heavy (non-hydrogen) atoms. The maximum absolute atomic E-state index is 12.8. The van der Waals surface area contributed by atoms with Crippen molar-refractivity contribution in [1.82, 2.24) is 24.6 Å². The molecule has 4 aromatic rings. The van der Waals surface area contributed by atoms with Crippen molar-refractivity contribution in [2.45, 2.75) is 20.0 Å². The van der Waals surface area contributed by atoms with Crippen LogP contribution in [0.25, 0.3) is 17.1 Å². The van der Waals surface area contributed by atoms with Gasteiger partial charge in [-0.2, -0.15) is 5.10 Å². The second kappa shape index (κ2) is 9.21. The van der Waals surface area contributed by atoms with Gasteiger partial charge in [0, 0.05) is 12.6 Å². The molecule has 156 valence electrons. The van der Waals surface area contributed by atoms with Crippen molar-refractivity contribution in [3.05, 3.63) is 100 Å². The number of hydrogen-bond donors (Lipinski definition) is 1. The van der Waals surface area contributed by atoms with Crippen LogP contribution in [0.5, 0.6) is 0 Å². The number of benzene rings is 2. The molecule has 0 radical (unpaired) electrons. The van der Waals surface area contributed by atoms with Crippen molar-refractivity contribution in [2.75, 3.05) is 6.54 Å². The molecule has 2 aromatic heterocycles. The smallest absolute Gasteiger partial charge is 0.264 e. The molecule has 4 rings (SSSR count). The van der Waals surface area contributed by atoms with Crippen molar-refractivity contribution in [1.29, 1.82) is 0 Å². The molecule has 0 saturated heterocycles. The van der Waals surface area contributed by atoms with E-state index in [0.29, 0.717) is 30.7 Å². The van der Waals surface area contributed by atoms with Crippen LogP contribution < -0.4 is 10.9 Å². The Kier molecular flexibility index (Phi) is 6.03. The van der Waals surface area contributed by atoms with E-state index in [1.54, 1.807) is 21.7 Å². The van der Waals surface area contributed by atoms with Gasteiger partial charge in [-0.05, 0) is 24.1 Å². The number of fused-ring (bicyclic) bond motifs is 1. The standard InChI is InChI=1S/C24H23N5O2/c1-18-7-9-20(10-8-18)16-28-17-26-23-21(24(28)31)15-27-29(23)14-13-25-22(30)12-11-19-5-3-2-4-6-19/h2-12,15,17H,13-14,16H2,1H3,(H,25,30)/b12-11-. The molecule has 0 aliphatic rings. The van der Waals surface area contributed by atoms with Gasteiger partial charge in [-0.3, -0.25) is 14.2 Å². The van der Waals surface area contributed by atoms with E-state index in [0.717, 1.165) is 11.1 Å². The van der Waals surface area contributed by atoms with Crippen LogP contribution in [0.15, 0.2) is 78.0 Å². The summed E-state index contributed by atoms with van der Waals surface area (Å²) in [6, 6.07) is 17.7. The number of rotatable bonds is 7. The molecule has 1 amide bonds. The lowest BCUT2D eigenvalue weighted by Crippen LogP contribution is -2.26. The summed E-state index contributed by atoms with van der Waals surface area (Å²) in [5.74, 6) is -0.186. The second-order valence-corrected chi connectivity index (χ2v) is 7.30. The van der Waals surface area contributed by atoms with Gasteiger partial charge in [-0.25, -0.2) is 9.67 Å². The largest absolute Gasteiger partial charge is 0.351 e. The molecule has 2 aromatic carbocycles. The molecule has 7 heteroatoms. The minimum atomic E-state index is -0.186. The summed E-state index contributed by atoms with van der Waals surface area (Å²) >= 11 is 0. The highest BCUT2D eigenvalue weighted by Crippen LogP contribution is 2.08. The van der Waals surface area contributed by atoms with Crippen LogP contribution in [-0.2, 0) is 17.9 Å². The molecule has 0 unspecified atom stereocenters. The molecule has 0 atom stereocenters. The summed E-state index contributed by atoms with van der Waals surface area (Å²) in [5.41, 5.74) is 3.55. The number of aryl methyl sites for hydroxylation is 1. The van der Waals surface area contributed by atoms with Gasteiger partial charge in [0.2, 0.25) is 5.91 Å². The molecule has 0 saturated carbocycles. The van der Waals surface area contributed by atoms with E-state index < -0.39 is 0 Å². The highest BCUT2D eigenvalue weighted by atomic mass is 16.1. The van der Waals surface area contributed by atoms with Gasteiger partial charge in [-0.15, -0.1) is 0 Å². The third kappa shape index (κ3) is 4.95. The molecule has 1 N–H and O–H groups in total. The number of aromatic nitrogens is 4. The maximum Gasteiger partial charge on any atom is 0.264 e. The summed E-state index contributed by atoms with van der Waals surface area (Å²) in [4.78, 5) is 29.2. The van der Waals surface area contributed by atoms with Crippen molar-refractivity contribution in [3.8, 4) is 0 Å². The third-order valence-corrected chi connectivity index (χ3v) is 4.95. The summed E-state index contributed by atoms with van der Waals surface area (Å²) < 4.78 is 3.21. The van der Waals surface area contributed by atoms with Gasteiger partial charge in [0.05, 0.1) is 19.3 Å². The lowest BCUT2D eigenvalue weighted by Gasteiger charge is -2.07. The van der Waals surface area contributed by atoms with Crippen LogP contribution in [0.3, 0.4) is 0 Å². The van der Waals surface area contributed by atoms with E-state index in [1.807, 2.05) is 61.5 Å². The lowest BCUT2D eigenvalue weighted by atomic mass is 10.1. The van der Waals surface area contributed by atoms with Gasteiger partial charge >= 0.3 is 0 Å². The first-order valence-corrected chi connectivity index (χ1v) is 10.1. The van der Waals surface area contributed by atoms with Crippen LogP contribution in [0.2, 0.25) is 0 Å². The minimum absolute atomic E-state index is 0.133. The molecule has 2 heterocycles. The number of nitrogens with one attached hydrogen (secondary N) is 1. The number of amides is 1. The molecule has 0 aliphatic heterocycles. The minimum Gasteiger partial charge on any atom is -0.351 e. The van der Waals surface area contributed by atoms with E-state index in [1.165, 1.54) is 17.8 Å². The number of carbonyl (C=O) groups is 1. The summed E-state index contributed by atoms with van der Waals surface area (Å²) in [6.45, 7) is 3.28. The fourth-order valence-corrected chi connectivity index (χ4v) is 3.24. The van der Waals surface area contributed by atoms with E-state index in [9.17, 15) is 9.59 Å². The topological polar surface area (TPSA) is 81.8 Å². The molecule has 0 aliphatic carbocycles. The zero-order valence-corrected chi connectivity index (χ0v) is 17.2. The molecule has 0 spiro atoms. The van der Waals surface area contributed by atoms with E-state index in [4.69, 9.17) is 0 Å². The van der Waals surface area contributed by atoms with Crippen LogP contribution in [-0.4, -0.2) is 31.8 Å². The molecular formula is C24H23N5O2. The quantitative estimate of drug-likeness (QED) is 0.473. The zero-order valence-electron chi connectivity index (χ0n) is 17.2. The first kappa shape index (κ1) is 20.3. The monoisotopic (exact) mass is 413 g/mol. The maximum atomic E-state index is 12.8. The van der Waals surface area contributed by atoms with Gasteiger partial charge in [0.25, 0.3) is 5.56 Å². The summed E-state index contributed by atoms with van der Waals surface area (Å²) in [7, 11) is 0. The Morgan fingerprint density at radius 2 is 1.87 bits per heavy atom. The average Bonchev–Trinajstić information content (AvgIpc) is 3.20. The van der Waals surface area contributed by atoms with Crippen LogP contribution in [0.1, 0.15) is 16.7 Å². The first-order valence-electron chi connectivity index (χ1n) is 10.1. The fraction of sp³-hybridized carbons (Fsp3) is 0.167. The van der Waals surface area contributed by atoms with Crippen molar-refractivity contribution in [2.24, 2.45) is 0 Å². The summed E-state index contributed by atoms with van der Waals surface area (Å²) in [6.07, 6.45) is 6.34. The van der Waals surface area contributed by atoms with Crippen molar-refractivity contribution >= 4 is 23.0 Å². The average molecular weight is 413 g/mol. The first-order chi connectivity index (χ1) is 15.1. The number of carbonyl (C=O) groups excluding carboxylic acids is 1. The summed E-state index contributed by atoms with van der Waals surface area (Å²) in [5, 5.41) is 7.56. The Bertz CT molecular complexity index is 1270. The molecule has 7 nitrogen and oxygen atoms in total. The van der Waals surface area contributed by atoms with Gasteiger partial charge in [0.1, 0.15) is 11.7 Å². The van der Waals surface area contributed by atoms with Crippen LogP contribution in [0.4, 0.5) is 0 Å². The van der Waals surface area contributed by atoms with Crippen molar-refractivity contribution in [3.63, 3.8) is 0 Å². The Balaban J connectivity index is 1.39. The zero-order chi connectivity index (χ0) is 21.6. The fourth-order valence-electron chi connectivity index (χ4n) is 3.24. The lowest BCUT2D eigenvalue weighted by molar-refractivity contribution is -0.116. The Labute approximate surface area is 179 Å². The van der Waals surface area contributed by atoms with Gasteiger partial charge in [-0.1, -0.05) is 60.2 Å². The van der Waals surface area contributed by atoms with Crippen molar-refractivity contribution < 1.29 is 4.79 Å². The molecule has 0 bridgehead atoms. The van der Waals surface area contributed by atoms with Crippen LogP contribution >= 0.6 is 0 Å². The molecule has 0 fully saturated rings.